The Morgan fingerprint density at radius 1 is 1.00 bits per heavy atom. The molecule has 6 rings (SSSR count). The first-order valence-electron chi connectivity index (χ1n) is 12.2. The van der Waals surface area contributed by atoms with Crippen molar-refractivity contribution in [2.75, 3.05) is 10.2 Å². The molecular formula is C29H25N3O5. The second-order valence-electron chi connectivity index (χ2n) is 10.5. The minimum atomic E-state index is -0.828. The van der Waals surface area contributed by atoms with Crippen molar-refractivity contribution >= 4 is 28.8 Å². The molecule has 8 heteroatoms. The molecule has 0 bridgehead atoms. The van der Waals surface area contributed by atoms with Crippen LogP contribution < -0.4 is 10.2 Å². The summed E-state index contributed by atoms with van der Waals surface area (Å²) in [5.74, 6) is -0.482. The quantitative estimate of drug-likeness (QED) is 0.267. The van der Waals surface area contributed by atoms with E-state index in [1.165, 1.54) is 12.1 Å². The molecule has 2 heterocycles. The Balaban J connectivity index is 1.65. The van der Waals surface area contributed by atoms with Crippen LogP contribution in [0.15, 0.2) is 84.1 Å². The van der Waals surface area contributed by atoms with Gasteiger partial charge in [0, 0.05) is 35.4 Å². The number of esters is 1. The number of carbonyl (C=O) groups excluding carboxylic acids is 2. The second-order valence-corrected chi connectivity index (χ2v) is 10.5. The van der Waals surface area contributed by atoms with Crippen LogP contribution in [0.4, 0.5) is 17.1 Å². The van der Waals surface area contributed by atoms with E-state index >= 15 is 0 Å². The van der Waals surface area contributed by atoms with E-state index < -0.39 is 23.2 Å². The molecule has 0 radical (unpaired) electrons. The molecule has 1 N–H and O–H groups in total. The van der Waals surface area contributed by atoms with Gasteiger partial charge in [0.2, 0.25) is 6.23 Å². The van der Waals surface area contributed by atoms with Crippen LogP contribution in [0, 0.1) is 15.5 Å². The van der Waals surface area contributed by atoms with Crippen LogP contribution in [0.25, 0.3) is 0 Å². The number of cyclic esters (lactones) is 1. The molecule has 3 aliphatic rings. The highest BCUT2D eigenvalue weighted by atomic mass is 16.6. The van der Waals surface area contributed by atoms with Gasteiger partial charge in [-0.15, -0.1) is 0 Å². The Morgan fingerprint density at radius 2 is 1.76 bits per heavy atom. The van der Waals surface area contributed by atoms with Gasteiger partial charge in [0.15, 0.2) is 5.78 Å². The summed E-state index contributed by atoms with van der Waals surface area (Å²) in [6.45, 7) is 4.12. The van der Waals surface area contributed by atoms with Crippen molar-refractivity contribution < 1.29 is 19.2 Å². The molecule has 0 aromatic heterocycles. The fourth-order valence-corrected chi connectivity index (χ4v) is 5.74. The summed E-state index contributed by atoms with van der Waals surface area (Å²) in [6.07, 6.45) is 0.137. The normalized spacial score (nSPS) is 21.8. The van der Waals surface area contributed by atoms with E-state index in [-0.39, 0.29) is 16.9 Å². The molecule has 3 aromatic rings. The molecule has 0 fully saturated rings. The van der Waals surface area contributed by atoms with Gasteiger partial charge in [0.25, 0.3) is 5.69 Å². The first-order valence-corrected chi connectivity index (χ1v) is 12.2. The maximum Gasteiger partial charge on any atom is 0.340 e. The van der Waals surface area contributed by atoms with Crippen LogP contribution >= 0.6 is 0 Å². The summed E-state index contributed by atoms with van der Waals surface area (Å²) < 4.78 is 5.96. The number of ketones is 1. The largest absolute Gasteiger partial charge is 0.433 e. The van der Waals surface area contributed by atoms with E-state index in [2.05, 4.69) is 19.2 Å². The molecule has 2 aliphatic heterocycles. The summed E-state index contributed by atoms with van der Waals surface area (Å²) >= 11 is 0. The summed E-state index contributed by atoms with van der Waals surface area (Å²) in [5.41, 5.74) is 4.22. The fraction of sp³-hybridized carbons (Fsp3) is 0.241. The first-order chi connectivity index (χ1) is 17.7. The molecule has 0 amide bonds. The molecule has 186 valence electrons. The number of Topliss-reactive ketones (excluding diaryl/α,β-unsaturated/α-hetero) is 1. The lowest BCUT2D eigenvalue weighted by atomic mass is 9.73. The van der Waals surface area contributed by atoms with Gasteiger partial charge in [-0.25, -0.2) is 4.79 Å². The number of nitro groups is 1. The predicted octanol–water partition coefficient (Wildman–Crippen LogP) is 6.08. The molecular weight excluding hydrogens is 470 g/mol. The number of non-ortho nitro benzene ring substituents is 1. The third-order valence-corrected chi connectivity index (χ3v) is 7.25. The van der Waals surface area contributed by atoms with Crippen LogP contribution in [0.3, 0.4) is 0 Å². The maximum atomic E-state index is 13.9. The fourth-order valence-electron chi connectivity index (χ4n) is 5.74. The van der Waals surface area contributed by atoms with Crippen LogP contribution in [0.2, 0.25) is 0 Å². The molecule has 37 heavy (non-hydrogen) atoms. The van der Waals surface area contributed by atoms with Gasteiger partial charge in [0.05, 0.1) is 27.9 Å². The smallest absolute Gasteiger partial charge is 0.340 e. The predicted molar refractivity (Wildman–Crippen MR) is 138 cm³/mol. The summed E-state index contributed by atoms with van der Waals surface area (Å²) in [6, 6.07) is 20.5. The average Bonchev–Trinajstić information content (AvgIpc) is 3.11. The van der Waals surface area contributed by atoms with Crippen molar-refractivity contribution in [3.05, 3.63) is 111 Å². The van der Waals surface area contributed by atoms with Gasteiger partial charge in [-0.2, -0.15) is 0 Å². The Labute approximate surface area is 213 Å². The summed E-state index contributed by atoms with van der Waals surface area (Å²) in [5, 5.41) is 15.2. The number of fused-ring (bicyclic) bond motifs is 2. The average molecular weight is 496 g/mol. The standard InChI is InChI=1S/C29H25N3O5/c1-29(2)15-22-25(24(33)16-29)26(17-8-7-9-18(14-17)32(35)36)31(23-13-6-5-12-21(23)30-22)27-19-10-3-4-11-20(19)28(34)37-27/h3-14,26-27,30H,15-16H2,1-2H3/t26-,27+/m0/s1. The number of hydrogen-bond acceptors (Lipinski definition) is 7. The van der Waals surface area contributed by atoms with Crippen molar-refractivity contribution in [2.45, 2.75) is 39.0 Å². The van der Waals surface area contributed by atoms with Crippen molar-refractivity contribution in [3.8, 4) is 0 Å². The number of carbonyl (C=O) groups is 2. The Hall–Kier alpha value is -4.46. The van der Waals surface area contributed by atoms with Gasteiger partial charge in [-0.1, -0.05) is 56.3 Å². The molecule has 0 spiro atoms. The number of rotatable bonds is 3. The number of nitro benzene ring substituents is 1. The van der Waals surface area contributed by atoms with Crippen molar-refractivity contribution in [3.63, 3.8) is 0 Å². The minimum Gasteiger partial charge on any atom is -0.433 e. The number of para-hydroxylation sites is 2. The zero-order valence-corrected chi connectivity index (χ0v) is 20.4. The lowest BCUT2D eigenvalue weighted by Gasteiger charge is -2.40. The highest BCUT2D eigenvalue weighted by Gasteiger charge is 2.46. The van der Waals surface area contributed by atoms with Gasteiger partial charge < -0.3 is 15.0 Å². The number of nitrogens with zero attached hydrogens (tertiary/aromatic N) is 2. The monoisotopic (exact) mass is 495 g/mol. The maximum absolute atomic E-state index is 13.9. The van der Waals surface area contributed by atoms with Crippen LogP contribution in [-0.4, -0.2) is 16.7 Å². The van der Waals surface area contributed by atoms with Gasteiger partial charge in [-0.3, -0.25) is 14.9 Å². The lowest BCUT2D eigenvalue weighted by molar-refractivity contribution is -0.384. The number of allylic oxidation sites excluding steroid dienone is 1. The Bertz CT molecular complexity index is 1510. The van der Waals surface area contributed by atoms with Crippen LogP contribution in [-0.2, 0) is 9.53 Å². The molecule has 0 unspecified atom stereocenters. The Morgan fingerprint density at radius 3 is 2.57 bits per heavy atom. The van der Waals surface area contributed by atoms with Gasteiger partial charge >= 0.3 is 5.97 Å². The van der Waals surface area contributed by atoms with Gasteiger partial charge in [0.1, 0.15) is 0 Å². The van der Waals surface area contributed by atoms with E-state index in [1.54, 1.807) is 24.3 Å². The van der Waals surface area contributed by atoms with Crippen molar-refractivity contribution in [1.82, 2.24) is 0 Å². The summed E-state index contributed by atoms with van der Waals surface area (Å²) in [7, 11) is 0. The van der Waals surface area contributed by atoms with E-state index in [1.807, 2.05) is 41.3 Å². The van der Waals surface area contributed by atoms with Crippen LogP contribution in [0.5, 0.6) is 0 Å². The molecule has 0 saturated carbocycles. The van der Waals surface area contributed by atoms with E-state index in [4.69, 9.17) is 4.74 Å². The molecule has 8 nitrogen and oxygen atoms in total. The van der Waals surface area contributed by atoms with E-state index in [9.17, 15) is 19.7 Å². The third-order valence-electron chi connectivity index (χ3n) is 7.25. The molecule has 0 saturated heterocycles. The lowest BCUT2D eigenvalue weighted by Crippen LogP contribution is -2.38. The number of nitrogens with one attached hydrogen (secondary N) is 1. The van der Waals surface area contributed by atoms with Gasteiger partial charge in [-0.05, 0) is 35.6 Å². The minimum absolute atomic E-state index is 0.0364. The SMILES string of the molecule is CC1(C)CC(=O)C2=C(C1)Nc1ccccc1N([C@@H]1OC(=O)c3ccccc31)[C@H]2c1cccc([N+](=O)[O-])c1. The zero-order valence-electron chi connectivity index (χ0n) is 20.4. The van der Waals surface area contributed by atoms with Crippen molar-refractivity contribution in [2.24, 2.45) is 5.41 Å². The number of anilines is 2. The molecule has 3 aromatic carbocycles. The molecule has 2 atom stereocenters. The van der Waals surface area contributed by atoms with Crippen LogP contribution in [0.1, 0.15) is 60.4 Å². The number of benzene rings is 3. The highest BCUT2D eigenvalue weighted by molar-refractivity contribution is 6.02. The second kappa shape index (κ2) is 8.30. The zero-order chi connectivity index (χ0) is 25.9. The number of hydrogen-bond donors (Lipinski definition) is 1. The summed E-state index contributed by atoms with van der Waals surface area (Å²) in [4.78, 5) is 39.9. The van der Waals surface area contributed by atoms with E-state index in [0.717, 1.165) is 17.1 Å². The molecule has 1 aliphatic carbocycles. The van der Waals surface area contributed by atoms with Crippen molar-refractivity contribution in [1.29, 1.82) is 0 Å². The Kier molecular flexibility index (Phi) is 5.15. The third kappa shape index (κ3) is 3.76. The van der Waals surface area contributed by atoms with E-state index in [0.29, 0.717) is 35.1 Å². The first kappa shape index (κ1) is 23.0. The number of ether oxygens (including phenoxy) is 1. The topological polar surface area (TPSA) is 102 Å². The highest BCUT2D eigenvalue weighted by Crippen LogP contribution is 2.52.